The van der Waals surface area contributed by atoms with Gasteiger partial charge in [0.1, 0.15) is 11.5 Å². The largest absolute Gasteiger partial charge is 0.364 e. The SMILES string of the molecule is NC(=O)c1csc(N(NC(=O)c2ccc(F)cc2)c2ccncc2)n1. The van der Waals surface area contributed by atoms with Gasteiger partial charge in [-0.05, 0) is 36.4 Å². The molecule has 3 rings (SSSR count). The number of carbonyl (C=O) groups is 2. The number of primary amides is 1. The molecule has 3 aromatic rings. The third kappa shape index (κ3) is 3.78. The fraction of sp³-hybridized carbons (Fsp3) is 0. The van der Waals surface area contributed by atoms with Crippen molar-refractivity contribution in [3.63, 3.8) is 0 Å². The molecular weight excluding hydrogens is 345 g/mol. The molecule has 0 saturated heterocycles. The minimum Gasteiger partial charge on any atom is -0.364 e. The maximum Gasteiger partial charge on any atom is 0.270 e. The maximum absolute atomic E-state index is 13.0. The number of benzene rings is 1. The summed E-state index contributed by atoms with van der Waals surface area (Å²) >= 11 is 1.14. The van der Waals surface area contributed by atoms with E-state index in [4.69, 9.17) is 5.73 Å². The maximum atomic E-state index is 13.0. The number of amides is 2. The molecule has 0 bridgehead atoms. The number of aromatic nitrogens is 2. The highest BCUT2D eigenvalue weighted by atomic mass is 32.1. The first-order chi connectivity index (χ1) is 12.0. The number of nitrogens with two attached hydrogens (primary N) is 1. The van der Waals surface area contributed by atoms with Crippen LogP contribution in [-0.4, -0.2) is 21.8 Å². The molecule has 2 amide bonds. The van der Waals surface area contributed by atoms with Gasteiger partial charge in [-0.2, -0.15) is 0 Å². The molecule has 9 heteroatoms. The summed E-state index contributed by atoms with van der Waals surface area (Å²) in [6, 6.07) is 8.45. The Kier molecular flexibility index (Phi) is 4.66. The zero-order chi connectivity index (χ0) is 17.8. The summed E-state index contributed by atoms with van der Waals surface area (Å²) in [7, 11) is 0. The number of nitrogens with one attached hydrogen (secondary N) is 1. The van der Waals surface area contributed by atoms with Gasteiger partial charge in [0.25, 0.3) is 11.8 Å². The molecule has 2 aromatic heterocycles. The Labute approximate surface area is 145 Å². The van der Waals surface area contributed by atoms with Crippen LogP contribution in [0.25, 0.3) is 0 Å². The zero-order valence-corrected chi connectivity index (χ0v) is 13.5. The zero-order valence-electron chi connectivity index (χ0n) is 12.7. The van der Waals surface area contributed by atoms with E-state index in [1.165, 1.54) is 34.7 Å². The predicted octanol–water partition coefficient (Wildman–Crippen LogP) is 2.26. The highest BCUT2D eigenvalue weighted by Crippen LogP contribution is 2.26. The lowest BCUT2D eigenvalue weighted by molar-refractivity contribution is 0.0953. The molecule has 0 atom stereocenters. The van der Waals surface area contributed by atoms with Crippen LogP contribution < -0.4 is 16.2 Å². The third-order valence-corrected chi connectivity index (χ3v) is 4.00. The van der Waals surface area contributed by atoms with Crippen LogP contribution in [0.2, 0.25) is 0 Å². The van der Waals surface area contributed by atoms with E-state index in [2.05, 4.69) is 15.4 Å². The number of hydrogen-bond acceptors (Lipinski definition) is 6. The van der Waals surface area contributed by atoms with Crippen LogP contribution in [0.1, 0.15) is 20.8 Å². The molecule has 3 N–H and O–H groups in total. The number of pyridine rings is 1. The van der Waals surface area contributed by atoms with E-state index < -0.39 is 17.6 Å². The summed E-state index contributed by atoms with van der Waals surface area (Å²) in [5.41, 5.74) is 8.85. The van der Waals surface area contributed by atoms with Gasteiger partial charge in [-0.1, -0.05) is 0 Å². The van der Waals surface area contributed by atoms with E-state index in [9.17, 15) is 14.0 Å². The molecule has 0 fully saturated rings. The number of anilines is 2. The Morgan fingerprint density at radius 2 is 1.80 bits per heavy atom. The van der Waals surface area contributed by atoms with E-state index >= 15 is 0 Å². The van der Waals surface area contributed by atoms with Crippen molar-refractivity contribution >= 4 is 34.0 Å². The fourth-order valence-electron chi connectivity index (χ4n) is 1.96. The van der Waals surface area contributed by atoms with E-state index in [-0.39, 0.29) is 11.3 Å². The fourth-order valence-corrected chi connectivity index (χ4v) is 2.76. The molecular formula is C16H12FN5O2S. The average Bonchev–Trinajstić information content (AvgIpc) is 3.11. The second kappa shape index (κ2) is 7.05. The van der Waals surface area contributed by atoms with Crippen LogP contribution in [-0.2, 0) is 0 Å². The number of rotatable bonds is 5. The second-order valence-corrected chi connectivity index (χ2v) is 5.70. The van der Waals surface area contributed by atoms with Crippen molar-refractivity contribution in [2.75, 3.05) is 5.01 Å². The standard InChI is InChI=1S/C16H12FN5O2S/c17-11-3-1-10(2-4-11)15(24)21-22(12-5-7-19-8-6-12)16-20-13(9-25-16)14(18)23/h1-9H,(H2,18,23)(H,21,24). The predicted molar refractivity (Wildman–Crippen MR) is 90.9 cm³/mol. The van der Waals surface area contributed by atoms with Crippen LogP contribution in [0.3, 0.4) is 0 Å². The van der Waals surface area contributed by atoms with E-state index in [1.807, 2.05) is 0 Å². The van der Waals surface area contributed by atoms with Gasteiger partial charge in [-0.25, -0.2) is 14.4 Å². The van der Waals surface area contributed by atoms with Crippen LogP contribution in [0, 0.1) is 5.82 Å². The topological polar surface area (TPSA) is 101 Å². The molecule has 0 unspecified atom stereocenters. The second-order valence-electron chi connectivity index (χ2n) is 4.87. The van der Waals surface area contributed by atoms with Gasteiger partial charge >= 0.3 is 0 Å². The first-order valence-corrected chi connectivity index (χ1v) is 7.94. The summed E-state index contributed by atoms with van der Waals surface area (Å²) < 4.78 is 13.0. The van der Waals surface area contributed by atoms with Crippen molar-refractivity contribution in [2.24, 2.45) is 5.73 Å². The quantitative estimate of drug-likeness (QED) is 0.682. The van der Waals surface area contributed by atoms with Gasteiger partial charge in [0.15, 0.2) is 0 Å². The molecule has 2 heterocycles. The molecule has 7 nitrogen and oxygen atoms in total. The van der Waals surface area contributed by atoms with Crippen LogP contribution >= 0.6 is 11.3 Å². The molecule has 0 aliphatic rings. The summed E-state index contributed by atoms with van der Waals surface area (Å²) in [4.78, 5) is 31.8. The first-order valence-electron chi connectivity index (χ1n) is 7.06. The minimum atomic E-state index is -0.665. The summed E-state index contributed by atoms with van der Waals surface area (Å²) in [6.07, 6.45) is 3.10. The molecule has 0 aliphatic carbocycles. The Morgan fingerprint density at radius 1 is 1.12 bits per heavy atom. The normalized spacial score (nSPS) is 10.3. The molecule has 1 aromatic carbocycles. The van der Waals surface area contributed by atoms with Crippen molar-refractivity contribution in [3.8, 4) is 0 Å². The minimum absolute atomic E-state index is 0.0927. The number of hydrazine groups is 1. The van der Waals surface area contributed by atoms with Gasteiger partial charge in [-0.3, -0.25) is 20.0 Å². The number of carbonyl (C=O) groups excluding carboxylic acids is 2. The lowest BCUT2D eigenvalue weighted by atomic mass is 10.2. The Morgan fingerprint density at radius 3 is 2.40 bits per heavy atom. The van der Waals surface area contributed by atoms with Gasteiger partial charge in [-0.15, -0.1) is 11.3 Å². The third-order valence-electron chi connectivity index (χ3n) is 3.18. The molecule has 0 spiro atoms. The van der Waals surface area contributed by atoms with Gasteiger partial charge in [0.05, 0.1) is 5.69 Å². The molecule has 0 radical (unpaired) electrons. The summed E-state index contributed by atoms with van der Waals surface area (Å²) in [5, 5.41) is 3.25. The average molecular weight is 357 g/mol. The number of nitrogens with zero attached hydrogens (tertiary/aromatic N) is 3. The van der Waals surface area contributed by atoms with Crippen molar-refractivity contribution in [2.45, 2.75) is 0 Å². The highest BCUT2D eigenvalue weighted by Gasteiger charge is 2.18. The first kappa shape index (κ1) is 16.5. The molecule has 126 valence electrons. The Bertz CT molecular complexity index is 898. The van der Waals surface area contributed by atoms with Crippen molar-refractivity contribution < 1.29 is 14.0 Å². The Balaban J connectivity index is 1.92. The van der Waals surface area contributed by atoms with Crippen LogP contribution in [0.4, 0.5) is 15.2 Å². The van der Waals surface area contributed by atoms with Crippen molar-refractivity contribution in [1.82, 2.24) is 15.4 Å². The van der Waals surface area contributed by atoms with Crippen molar-refractivity contribution in [3.05, 3.63) is 71.2 Å². The lowest BCUT2D eigenvalue weighted by Gasteiger charge is -2.22. The lowest BCUT2D eigenvalue weighted by Crippen LogP contribution is -2.39. The highest BCUT2D eigenvalue weighted by molar-refractivity contribution is 7.14. The molecule has 0 aliphatic heterocycles. The Hall–Kier alpha value is -3.33. The van der Waals surface area contributed by atoms with Gasteiger partial charge in [0.2, 0.25) is 5.13 Å². The van der Waals surface area contributed by atoms with Crippen LogP contribution in [0.5, 0.6) is 0 Å². The van der Waals surface area contributed by atoms with Crippen molar-refractivity contribution in [1.29, 1.82) is 0 Å². The summed E-state index contributed by atoms with van der Waals surface area (Å²) in [6.45, 7) is 0. The molecule has 0 saturated carbocycles. The van der Waals surface area contributed by atoms with E-state index in [0.717, 1.165) is 11.3 Å². The van der Waals surface area contributed by atoms with Gasteiger partial charge in [0, 0.05) is 23.3 Å². The van der Waals surface area contributed by atoms with Gasteiger partial charge < -0.3 is 5.73 Å². The van der Waals surface area contributed by atoms with Crippen LogP contribution in [0.15, 0.2) is 54.2 Å². The van der Waals surface area contributed by atoms with E-state index in [1.54, 1.807) is 24.5 Å². The number of thiazole rings is 1. The van der Waals surface area contributed by atoms with E-state index in [0.29, 0.717) is 10.8 Å². The smallest absolute Gasteiger partial charge is 0.270 e. The number of hydrogen-bond donors (Lipinski definition) is 2. The number of halogens is 1. The monoisotopic (exact) mass is 357 g/mol. The molecule has 25 heavy (non-hydrogen) atoms. The summed E-state index contributed by atoms with van der Waals surface area (Å²) in [5.74, 6) is -1.57.